The molecule has 0 spiro atoms. The molecule has 2 aromatic rings. The van der Waals surface area contributed by atoms with Gasteiger partial charge in [0.2, 0.25) is 0 Å². The predicted octanol–water partition coefficient (Wildman–Crippen LogP) is 3.83. The fourth-order valence-electron chi connectivity index (χ4n) is 1.87. The summed E-state index contributed by atoms with van der Waals surface area (Å²) in [5.41, 5.74) is 8.03. The predicted molar refractivity (Wildman–Crippen MR) is 79.8 cm³/mol. The molecule has 0 aliphatic heterocycles. The standard InChI is InChI=1S/C15H20N2S/c1-11(2)7-8-18-15-12(9-16)10-17-14-6-4-3-5-13(14)15/h3-6,10-11H,7-9,16H2,1-2H3. The number of aromatic nitrogens is 1. The summed E-state index contributed by atoms with van der Waals surface area (Å²) < 4.78 is 0. The van der Waals surface area contributed by atoms with Gasteiger partial charge in [-0.2, -0.15) is 0 Å². The second kappa shape index (κ2) is 6.21. The number of rotatable bonds is 5. The van der Waals surface area contributed by atoms with Gasteiger partial charge < -0.3 is 5.73 Å². The van der Waals surface area contributed by atoms with Gasteiger partial charge in [0.25, 0.3) is 0 Å². The summed E-state index contributed by atoms with van der Waals surface area (Å²) in [7, 11) is 0. The molecule has 0 aliphatic rings. The number of nitrogens with two attached hydrogens (primary N) is 1. The zero-order valence-electron chi connectivity index (χ0n) is 11.0. The molecule has 3 heteroatoms. The highest BCUT2D eigenvalue weighted by molar-refractivity contribution is 7.99. The van der Waals surface area contributed by atoms with Gasteiger partial charge in [0.05, 0.1) is 5.52 Å². The van der Waals surface area contributed by atoms with E-state index in [0.717, 1.165) is 22.8 Å². The molecule has 1 heterocycles. The van der Waals surface area contributed by atoms with Gasteiger partial charge in [-0.05, 0) is 29.7 Å². The Morgan fingerprint density at radius 1 is 1.28 bits per heavy atom. The van der Waals surface area contributed by atoms with Crippen molar-refractivity contribution in [2.24, 2.45) is 11.7 Å². The van der Waals surface area contributed by atoms with E-state index < -0.39 is 0 Å². The number of fused-ring (bicyclic) bond motifs is 1. The first kappa shape index (κ1) is 13.4. The minimum absolute atomic E-state index is 0.557. The number of para-hydroxylation sites is 1. The molecule has 0 aliphatic carbocycles. The fourth-order valence-corrected chi connectivity index (χ4v) is 3.31. The molecule has 2 rings (SSSR count). The molecule has 0 saturated heterocycles. The van der Waals surface area contributed by atoms with Crippen molar-refractivity contribution in [3.8, 4) is 0 Å². The van der Waals surface area contributed by atoms with E-state index in [2.05, 4.69) is 37.0 Å². The van der Waals surface area contributed by atoms with E-state index in [1.165, 1.54) is 16.7 Å². The van der Waals surface area contributed by atoms with E-state index in [1.807, 2.05) is 24.0 Å². The van der Waals surface area contributed by atoms with E-state index in [1.54, 1.807) is 0 Å². The smallest absolute Gasteiger partial charge is 0.0713 e. The van der Waals surface area contributed by atoms with E-state index in [4.69, 9.17) is 5.73 Å². The molecule has 0 unspecified atom stereocenters. The Balaban J connectivity index is 2.32. The maximum Gasteiger partial charge on any atom is 0.0713 e. The van der Waals surface area contributed by atoms with Crippen LogP contribution in [0, 0.1) is 5.92 Å². The van der Waals surface area contributed by atoms with Crippen LogP contribution in [0.3, 0.4) is 0 Å². The molecule has 0 saturated carbocycles. The average molecular weight is 260 g/mol. The van der Waals surface area contributed by atoms with Crippen LogP contribution in [0.4, 0.5) is 0 Å². The van der Waals surface area contributed by atoms with Crippen LogP contribution < -0.4 is 5.73 Å². The minimum atomic E-state index is 0.557. The fraction of sp³-hybridized carbons (Fsp3) is 0.400. The lowest BCUT2D eigenvalue weighted by molar-refractivity contribution is 0.632. The van der Waals surface area contributed by atoms with Gasteiger partial charge in [0.15, 0.2) is 0 Å². The van der Waals surface area contributed by atoms with Gasteiger partial charge in [-0.1, -0.05) is 32.0 Å². The van der Waals surface area contributed by atoms with Crippen LogP contribution in [-0.2, 0) is 6.54 Å². The van der Waals surface area contributed by atoms with Gasteiger partial charge in [0, 0.05) is 23.0 Å². The molecule has 1 aromatic carbocycles. The van der Waals surface area contributed by atoms with Gasteiger partial charge in [-0.15, -0.1) is 11.8 Å². The lowest BCUT2D eigenvalue weighted by atomic mass is 10.1. The quantitative estimate of drug-likeness (QED) is 0.830. The van der Waals surface area contributed by atoms with E-state index in [9.17, 15) is 0 Å². The van der Waals surface area contributed by atoms with E-state index in [-0.39, 0.29) is 0 Å². The summed E-state index contributed by atoms with van der Waals surface area (Å²) in [6, 6.07) is 8.29. The number of thioether (sulfide) groups is 1. The Hall–Kier alpha value is -1.06. The molecule has 96 valence electrons. The molecule has 1 aromatic heterocycles. The number of hydrogen-bond donors (Lipinski definition) is 1. The van der Waals surface area contributed by atoms with Crippen molar-refractivity contribution in [2.45, 2.75) is 31.7 Å². The van der Waals surface area contributed by atoms with Crippen LogP contribution in [0.1, 0.15) is 25.8 Å². The van der Waals surface area contributed by atoms with Gasteiger partial charge >= 0.3 is 0 Å². The summed E-state index contributed by atoms with van der Waals surface area (Å²) in [5.74, 6) is 1.88. The molecule has 0 atom stereocenters. The highest BCUT2D eigenvalue weighted by Gasteiger charge is 2.08. The van der Waals surface area contributed by atoms with Crippen LogP contribution >= 0.6 is 11.8 Å². The Morgan fingerprint density at radius 3 is 2.78 bits per heavy atom. The summed E-state index contributed by atoms with van der Waals surface area (Å²) in [5, 5.41) is 1.23. The molecule has 0 bridgehead atoms. The summed E-state index contributed by atoms with van der Waals surface area (Å²) in [6.45, 7) is 5.08. The number of benzene rings is 1. The largest absolute Gasteiger partial charge is 0.326 e. The first-order chi connectivity index (χ1) is 8.72. The monoisotopic (exact) mass is 260 g/mol. The Kier molecular flexibility index (Phi) is 4.61. The second-order valence-corrected chi connectivity index (χ2v) is 5.97. The summed E-state index contributed by atoms with van der Waals surface area (Å²) >= 11 is 1.91. The van der Waals surface area contributed by atoms with Crippen molar-refractivity contribution < 1.29 is 0 Å². The van der Waals surface area contributed by atoms with Crippen molar-refractivity contribution in [1.29, 1.82) is 0 Å². The van der Waals surface area contributed by atoms with Crippen molar-refractivity contribution in [3.63, 3.8) is 0 Å². The lowest BCUT2D eigenvalue weighted by Gasteiger charge is -2.11. The molecule has 18 heavy (non-hydrogen) atoms. The van der Waals surface area contributed by atoms with Crippen molar-refractivity contribution >= 4 is 22.7 Å². The van der Waals surface area contributed by atoms with E-state index >= 15 is 0 Å². The molecule has 0 radical (unpaired) electrons. The molecular formula is C15H20N2S. The molecule has 0 amide bonds. The van der Waals surface area contributed by atoms with Gasteiger partial charge in [-0.3, -0.25) is 4.98 Å². The maximum atomic E-state index is 5.82. The lowest BCUT2D eigenvalue weighted by Crippen LogP contribution is -2.01. The van der Waals surface area contributed by atoms with Crippen LogP contribution in [0.5, 0.6) is 0 Å². The van der Waals surface area contributed by atoms with Crippen molar-refractivity contribution in [1.82, 2.24) is 4.98 Å². The number of pyridine rings is 1. The molecule has 0 fully saturated rings. The normalized spacial score (nSPS) is 11.3. The third kappa shape index (κ3) is 3.03. The topological polar surface area (TPSA) is 38.9 Å². The highest BCUT2D eigenvalue weighted by atomic mass is 32.2. The third-order valence-corrected chi connectivity index (χ3v) is 4.17. The maximum absolute atomic E-state index is 5.82. The average Bonchev–Trinajstić information content (AvgIpc) is 2.38. The second-order valence-electron chi connectivity index (χ2n) is 4.86. The van der Waals surface area contributed by atoms with E-state index in [0.29, 0.717) is 6.54 Å². The molecule has 2 N–H and O–H groups in total. The number of hydrogen-bond acceptors (Lipinski definition) is 3. The van der Waals surface area contributed by atoms with Crippen LogP contribution in [-0.4, -0.2) is 10.7 Å². The zero-order chi connectivity index (χ0) is 13.0. The Morgan fingerprint density at radius 2 is 2.06 bits per heavy atom. The molecule has 2 nitrogen and oxygen atoms in total. The Labute approximate surface area is 113 Å². The zero-order valence-corrected chi connectivity index (χ0v) is 11.8. The molecular weight excluding hydrogens is 240 g/mol. The van der Waals surface area contributed by atoms with Crippen molar-refractivity contribution in [2.75, 3.05) is 5.75 Å². The van der Waals surface area contributed by atoms with Crippen molar-refractivity contribution in [3.05, 3.63) is 36.0 Å². The first-order valence-corrected chi connectivity index (χ1v) is 7.40. The number of nitrogens with zero attached hydrogens (tertiary/aromatic N) is 1. The van der Waals surface area contributed by atoms with Crippen LogP contribution in [0.15, 0.2) is 35.4 Å². The van der Waals surface area contributed by atoms with Gasteiger partial charge in [0.1, 0.15) is 0 Å². The van der Waals surface area contributed by atoms with Gasteiger partial charge in [-0.25, -0.2) is 0 Å². The summed E-state index contributed by atoms with van der Waals surface area (Å²) in [6.07, 6.45) is 3.14. The third-order valence-electron chi connectivity index (χ3n) is 2.96. The highest BCUT2D eigenvalue weighted by Crippen LogP contribution is 2.31. The summed E-state index contributed by atoms with van der Waals surface area (Å²) in [4.78, 5) is 5.77. The Bertz CT molecular complexity index is 523. The minimum Gasteiger partial charge on any atom is -0.326 e. The first-order valence-electron chi connectivity index (χ1n) is 6.42. The van der Waals surface area contributed by atoms with Crippen LogP contribution in [0.25, 0.3) is 10.9 Å². The van der Waals surface area contributed by atoms with Crippen LogP contribution in [0.2, 0.25) is 0 Å². The SMILES string of the molecule is CC(C)CCSc1c(CN)cnc2ccccc12.